The molecule has 0 amide bonds. The summed E-state index contributed by atoms with van der Waals surface area (Å²) in [6.45, 7) is 0.452. The van der Waals surface area contributed by atoms with E-state index in [4.69, 9.17) is 15.3 Å². The molecule has 0 aliphatic carbocycles. The SMILES string of the molecule is O=C(O)c1ccc(N(CCO)CCO)nn1. The highest BCUT2D eigenvalue weighted by Crippen LogP contribution is 2.08. The lowest BCUT2D eigenvalue weighted by atomic mass is 10.3. The van der Waals surface area contributed by atoms with Crippen LogP contribution in [0.4, 0.5) is 5.82 Å². The van der Waals surface area contributed by atoms with Crippen molar-refractivity contribution in [3.8, 4) is 0 Å². The zero-order valence-corrected chi connectivity index (χ0v) is 8.57. The average molecular weight is 227 g/mol. The van der Waals surface area contributed by atoms with Crippen LogP contribution in [-0.4, -0.2) is 57.8 Å². The topological polar surface area (TPSA) is 107 Å². The fraction of sp³-hybridized carbons (Fsp3) is 0.444. The van der Waals surface area contributed by atoms with Crippen LogP contribution in [0.25, 0.3) is 0 Å². The monoisotopic (exact) mass is 227 g/mol. The van der Waals surface area contributed by atoms with E-state index in [1.54, 1.807) is 4.90 Å². The molecule has 7 heteroatoms. The van der Waals surface area contributed by atoms with Crippen molar-refractivity contribution in [3.05, 3.63) is 17.8 Å². The Labute approximate surface area is 92.0 Å². The summed E-state index contributed by atoms with van der Waals surface area (Å²) in [4.78, 5) is 12.1. The number of aliphatic hydroxyl groups excluding tert-OH is 2. The number of aromatic nitrogens is 2. The Morgan fingerprint density at radius 1 is 1.19 bits per heavy atom. The van der Waals surface area contributed by atoms with Gasteiger partial charge in [0.1, 0.15) is 0 Å². The molecule has 0 saturated heterocycles. The zero-order chi connectivity index (χ0) is 12.0. The van der Waals surface area contributed by atoms with E-state index in [0.29, 0.717) is 18.9 Å². The summed E-state index contributed by atoms with van der Waals surface area (Å²) in [6, 6.07) is 2.81. The van der Waals surface area contributed by atoms with Crippen molar-refractivity contribution in [1.29, 1.82) is 0 Å². The van der Waals surface area contributed by atoms with Crippen LogP contribution in [0, 0.1) is 0 Å². The average Bonchev–Trinajstić information content (AvgIpc) is 2.29. The number of carbonyl (C=O) groups is 1. The first-order chi connectivity index (χ1) is 7.69. The summed E-state index contributed by atoms with van der Waals surface area (Å²) in [5, 5.41) is 33.4. The highest BCUT2D eigenvalue weighted by molar-refractivity contribution is 5.85. The Balaban J connectivity index is 2.80. The number of aromatic carboxylic acids is 1. The number of hydrogen-bond acceptors (Lipinski definition) is 6. The first kappa shape index (κ1) is 12.3. The maximum Gasteiger partial charge on any atom is 0.356 e. The first-order valence-electron chi connectivity index (χ1n) is 4.72. The maximum absolute atomic E-state index is 10.5. The molecular formula is C9H13N3O4. The Bertz CT molecular complexity index is 335. The second-order valence-corrected chi connectivity index (χ2v) is 3.02. The molecule has 1 aromatic heterocycles. The van der Waals surface area contributed by atoms with Crippen LogP contribution < -0.4 is 4.90 Å². The standard InChI is InChI=1S/C9H13N3O4/c13-5-3-12(4-6-14)8-2-1-7(9(15)16)10-11-8/h1-2,13-14H,3-6H2,(H,15,16). The molecule has 7 nitrogen and oxygen atoms in total. The molecule has 0 saturated carbocycles. The second-order valence-electron chi connectivity index (χ2n) is 3.02. The minimum Gasteiger partial charge on any atom is -0.476 e. The van der Waals surface area contributed by atoms with Crippen molar-refractivity contribution in [2.75, 3.05) is 31.2 Å². The van der Waals surface area contributed by atoms with E-state index >= 15 is 0 Å². The van der Waals surface area contributed by atoms with E-state index in [9.17, 15) is 4.79 Å². The summed E-state index contributed by atoms with van der Waals surface area (Å²) >= 11 is 0. The lowest BCUT2D eigenvalue weighted by Crippen LogP contribution is -2.30. The number of anilines is 1. The van der Waals surface area contributed by atoms with E-state index < -0.39 is 5.97 Å². The third-order valence-electron chi connectivity index (χ3n) is 1.93. The first-order valence-corrected chi connectivity index (χ1v) is 4.72. The number of carboxylic acid groups (broad SMARTS) is 1. The van der Waals surface area contributed by atoms with Crippen LogP contribution in [0.5, 0.6) is 0 Å². The predicted octanol–water partition coefficient (Wildman–Crippen LogP) is -1.03. The van der Waals surface area contributed by atoms with Crippen molar-refractivity contribution in [2.24, 2.45) is 0 Å². The minimum atomic E-state index is -1.14. The Hall–Kier alpha value is -1.73. The van der Waals surface area contributed by atoms with Gasteiger partial charge in [0.25, 0.3) is 0 Å². The van der Waals surface area contributed by atoms with E-state index in [-0.39, 0.29) is 18.9 Å². The smallest absolute Gasteiger partial charge is 0.356 e. The van der Waals surface area contributed by atoms with Gasteiger partial charge in [-0.25, -0.2) is 4.79 Å². The van der Waals surface area contributed by atoms with E-state index in [1.165, 1.54) is 12.1 Å². The van der Waals surface area contributed by atoms with Crippen LogP contribution in [0.1, 0.15) is 10.5 Å². The third kappa shape index (κ3) is 3.14. The predicted molar refractivity (Wildman–Crippen MR) is 55.4 cm³/mol. The molecular weight excluding hydrogens is 214 g/mol. The van der Waals surface area contributed by atoms with Gasteiger partial charge in [-0.05, 0) is 12.1 Å². The number of rotatable bonds is 6. The Kier molecular flexibility index (Phi) is 4.62. The molecule has 16 heavy (non-hydrogen) atoms. The molecule has 0 aliphatic rings. The molecule has 0 atom stereocenters. The van der Waals surface area contributed by atoms with Crippen LogP contribution in [0.15, 0.2) is 12.1 Å². The molecule has 88 valence electrons. The van der Waals surface area contributed by atoms with E-state index in [2.05, 4.69) is 10.2 Å². The molecule has 0 bridgehead atoms. The van der Waals surface area contributed by atoms with Gasteiger partial charge in [0, 0.05) is 13.1 Å². The molecule has 1 aromatic rings. The molecule has 0 aromatic carbocycles. The van der Waals surface area contributed by atoms with Crippen molar-refractivity contribution >= 4 is 11.8 Å². The maximum atomic E-state index is 10.5. The van der Waals surface area contributed by atoms with Crippen molar-refractivity contribution in [3.63, 3.8) is 0 Å². The molecule has 1 heterocycles. The van der Waals surface area contributed by atoms with Crippen LogP contribution in [-0.2, 0) is 0 Å². The molecule has 0 spiro atoms. The normalized spacial score (nSPS) is 10.1. The molecule has 0 fully saturated rings. The lowest BCUT2D eigenvalue weighted by Gasteiger charge is -2.20. The molecule has 0 aliphatic heterocycles. The Morgan fingerprint density at radius 2 is 1.81 bits per heavy atom. The van der Waals surface area contributed by atoms with Crippen LogP contribution >= 0.6 is 0 Å². The van der Waals surface area contributed by atoms with Gasteiger partial charge in [-0.2, -0.15) is 0 Å². The highest BCUT2D eigenvalue weighted by Gasteiger charge is 2.09. The van der Waals surface area contributed by atoms with Gasteiger partial charge in [0.15, 0.2) is 11.5 Å². The summed E-state index contributed by atoms with van der Waals surface area (Å²) in [7, 11) is 0. The fourth-order valence-electron chi connectivity index (χ4n) is 1.19. The molecule has 0 radical (unpaired) electrons. The van der Waals surface area contributed by atoms with Crippen LogP contribution in [0.3, 0.4) is 0 Å². The third-order valence-corrected chi connectivity index (χ3v) is 1.93. The summed E-state index contributed by atoms with van der Waals surface area (Å²) < 4.78 is 0. The lowest BCUT2D eigenvalue weighted by molar-refractivity contribution is 0.0689. The minimum absolute atomic E-state index is 0.0810. The van der Waals surface area contributed by atoms with Crippen LogP contribution in [0.2, 0.25) is 0 Å². The zero-order valence-electron chi connectivity index (χ0n) is 8.57. The number of aliphatic hydroxyl groups is 2. The van der Waals surface area contributed by atoms with Gasteiger partial charge in [0.05, 0.1) is 13.2 Å². The van der Waals surface area contributed by atoms with Gasteiger partial charge >= 0.3 is 5.97 Å². The van der Waals surface area contributed by atoms with Crippen molar-refractivity contribution in [1.82, 2.24) is 10.2 Å². The fourth-order valence-corrected chi connectivity index (χ4v) is 1.19. The Morgan fingerprint density at radius 3 is 2.19 bits per heavy atom. The van der Waals surface area contributed by atoms with Crippen molar-refractivity contribution < 1.29 is 20.1 Å². The quantitative estimate of drug-likeness (QED) is 0.570. The molecule has 1 rings (SSSR count). The largest absolute Gasteiger partial charge is 0.476 e. The molecule has 0 unspecified atom stereocenters. The summed E-state index contributed by atoms with van der Waals surface area (Å²) in [5.74, 6) is -0.719. The van der Waals surface area contributed by atoms with Gasteiger partial charge in [-0.15, -0.1) is 10.2 Å². The van der Waals surface area contributed by atoms with Gasteiger partial charge in [0.2, 0.25) is 0 Å². The van der Waals surface area contributed by atoms with E-state index in [1.807, 2.05) is 0 Å². The molecule has 3 N–H and O–H groups in total. The van der Waals surface area contributed by atoms with Crippen molar-refractivity contribution in [2.45, 2.75) is 0 Å². The van der Waals surface area contributed by atoms with Gasteiger partial charge < -0.3 is 20.2 Å². The number of carboxylic acids is 1. The number of hydrogen-bond donors (Lipinski definition) is 3. The van der Waals surface area contributed by atoms with Gasteiger partial charge in [-0.1, -0.05) is 0 Å². The highest BCUT2D eigenvalue weighted by atomic mass is 16.4. The van der Waals surface area contributed by atoms with E-state index in [0.717, 1.165) is 0 Å². The number of nitrogens with zero attached hydrogens (tertiary/aromatic N) is 3. The van der Waals surface area contributed by atoms with Gasteiger partial charge in [-0.3, -0.25) is 0 Å². The second kappa shape index (κ2) is 5.99. The summed E-state index contributed by atoms with van der Waals surface area (Å²) in [6.07, 6.45) is 0. The summed E-state index contributed by atoms with van der Waals surface area (Å²) in [5.41, 5.74) is -0.142.